The van der Waals surface area contributed by atoms with Crippen LogP contribution in [0.5, 0.6) is 0 Å². The van der Waals surface area contributed by atoms with Gasteiger partial charge in [-0.05, 0) is 74.4 Å². The van der Waals surface area contributed by atoms with Gasteiger partial charge in [0.2, 0.25) is 5.91 Å². The highest BCUT2D eigenvalue weighted by molar-refractivity contribution is 6.04. The summed E-state index contributed by atoms with van der Waals surface area (Å²) in [5.74, 6) is -3.31. The first-order valence-corrected chi connectivity index (χ1v) is 18.9. The van der Waals surface area contributed by atoms with Crippen LogP contribution < -0.4 is 10.6 Å². The fraction of sp³-hybridized carbons (Fsp3) is 0.390. The topological polar surface area (TPSA) is 139 Å². The van der Waals surface area contributed by atoms with E-state index in [0.29, 0.717) is 59.1 Å². The van der Waals surface area contributed by atoms with E-state index in [0.717, 1.165) is 12.1 Å². The number of amides is 3. The van der Waals surface area contributed by atoms with Gasteiger partial charge in [-0.25, -0.2) is 18.6 Å². The third-order valence-corrected chi connectivity index (χ3v) is 10.6. The number of para-hydroxylation sites is 1. The van der Waals surface area contributed by atoms with Gasteiger partial charge in [0.15, 0.2) is 11.5 Å². The van der Waals surface area contributed by atoms with Gasteiger partial charge in [0.1, 0.15) is 35.2 Å². The lowest BCUT2D eigenvalue weighted by molar-refractivity contribution is -0.142. The zero-order valence-electron chi connectivity index (χ0n) is 32.3. The molecule has 2 aromatic carbocycles. The summed E-state index contributed by atoms with van der Waals surface area (Å²) in [5.41, 5.74) is -3.07. The van der Waals surface area contributed by atoms with Crippen LogP contribution in [0.1, 0.15) is 66.1 Å². The number of ether oxygens (including phenoxy) is 1. The first-order chi connectivity index (χ1) is 28.3. The van der Waals surface area contributed by atoms with Crippen LogP contribution in [0.2, 0.25) is 0 Å². The van der Waals surface area contributed by atoms with Crippen molar-refractivity contribution in [3.8, 4) is 23.0 Å². The van der Waals surface area contributed by atoms with Crippen molar-refractivity contribution < 1.29 is 50.2 Å². The van der Waals surface area contributed by atoms with Crippen LogP contribution in [-0.4, -0.2) is 78.4 Å². The van der Waals surface area contributed by atoms with Gasteiger partial charge in [-0.3, -0.25) is 19.5 Å². The molecule has 5 aromatic rings. The van der Waals surface area contributed by atoms with Gasteiger partial charge < -0.3 is 20.1 Å². The third-order valence-electron chi connectivity index (χ3n) is 10.6. The van der Waals surface area contributed by atoms with Crippen molar-refractivity contribution in [2.24, 2.45) is 13.0 Å². The number of hydrogen-bond acceptors (Lipinski definition) is 7. The second-order valence-corrected chi connectivity index (χ2v) is 15.6. The van der Waals surface area contributed by atoms with E-state index in [9.17, 15) is 36.6 Å². The number of pyridine rings is 1. The average Bonchev–Trinajstić information content (AvgIpc) is 3.72. The van der Waals surface area contributed by atoms with Crippen molar-refractivity contribution in [1.82, 2.24) is 34.8 Å². The molecular formula is C41H37F7N8O4. The van der Waals surface area contributed by atoms with E-state index in [1.165, 1.54) is 24.6 Å². The first-order valence-electron chi connectivity index (χ1n) is 18.9. The van der Waals surface area contributed by atoms with Gasteiger partial charge in [-0.1, -0.05) is 18.1 Å². The van der Waals surface area contributed by atoms with Crippen molar-refractivity contribution >= 4 is 28.7 Å². The summed E-state index contributed by atoms with van der Waals surface area (Å²) in [4.78, 5) is 33.5. The Kier molecular flexibility index (Phi) is 10.1. The molecule has 314 valence electrons. The quantitative estimate of drug-likeness (QED) is 0.121. The second kappa shape index (κ2) is 14.9. The van der Waals surface area contributed by atoms with E-state index < -0.39 is 82.6 Å². The number of anilines is 1. The highest BCUT2D eigenvalue weighted by Crippen LogP contribution is 2.68. The summed E-state index contributed by atoms with van der Waals surface area (Å²) >= 11 is 0. The third kappa shape index (κ3) is 7.88. The number of nitrogens with zero attached hydrogens (tertiary/aromatic N) is 6. The molecule has 2 fully saturated rings. The zero-order chi connectivity index (χ0) is 42.9. The fourth-order valence-corrected chi connectivity index (χ4v) is 8.00. The molecular weight excluding hydrogens is 801 g/mol. The second-order valence-electron chi connectivity index (χ2n) is 15.6. The lowest BCUT2D eigenvalue weighted by atomic mass is 9.93. The van der Waals surface area contributed by atoms with Gasteiger partial charge in [-0.2, -0.15) is 32.1 Å². The van der Waals surface area contributed by atoms with E-state index >= 15 is 8.78 Å². The molecule has 8 rings (SSSR count). The van der Waals surface area contributed by atoms with E-state index in [1.54, 1.807) is 36.2 Å². The van der Waals surface area contributed by atoms with Crippen molar-refractivity contribution in [1.29, 1.82) is 0 Å². The number of aromatic nitrogens is 5. The van der Waals surface area contributed by atoms with E-state index in [4.69, 9.17) is 9.72 Å². The Morgan fingerprint density at radius 2 is 1.75 bits per heavy atom. The number of urea groups is 1. The normalized spacial score (nSPS) is 18.7. The Morgan fingerprint density at radius 1 is 1.03 bits per heavy atom. The molecule has 0 radical (unpaired) electrons. The van der Waals surface area contributed by atoms with E-state index in [2.05, 4.69) is 32.7 Å². The monoisotopic (exact) mass is 838 g/mol. The van der Waals surface area contributed by atoms with Crippen LogP contribution in [0.3, 0.4) is 0 Å². The largest absolute Gasteiger partial charge is 0.435 e. The molecule has 4 heterocycles. The SMILES string of the molecule is Cn1nc(NC(=O)N2CCOCC2)c2cccc(-c3ccc(C#CC(C)(C)O)nc3[C@H](Cc3cc(F)cc(F)c3)NC(=O)Cn3nc(C(F)(F)F)c4c3C(F)(F)[C@@H]3CC43)c21. The Morgan fingerprint density at radius 3 is 2.43 bits per heavy atom. The number of nitrogens with one attached hydrogen (secondary N) is 2. The molecule has 1 saturated heterocycles. The minimum atomic E-state index is -5.06. The van der Waals surface area contributed by atoms with Crippen LogP contribution in [0.15, 0.2) is 48.5 Å². The van der Waals surface area contributed by atoms with Gasteiger partial charge in [-0.15, -0.1) is 0 Å². The van der Waals surface area contributed by atoms with Gasteiger partial charge >= 0.3 is 12.2 Å². The van der Waals surface area contributed by atoms with Gasteiger partial charge in [0.05, 0.1) is 30.5 Å². The number of halogens is 7. The zero-order valence-corrected chi connectivity index (χ0v) is 32.3. The molecule has 0 spiro atoms. The van der Waals surface area contributed by atoms with Gasteiger partial charge in [0, 0.05) is 54.2 Å². The average molecular weight is 839 g/mol. The molecule has 3 aromatic heterocycles. The molecule has 60 heavy (non-hydrogen) atoms. The number of alkyl halides is 5. The number of aryl methyl sites for hydroxylation is 1. The molecule has 3 aliphatic rings. The Labute approximate surface area is 337 Å². The number of fused-ring (bicyclic) bond motifs is 4. The molecule has 3 N–H and O–H groups in total. The number of aliphatic hydroxyl groups is 1. The van der Waals surface area contributed by atoms with Crippen molar-refractivity contribution in [2.75, 3.05) is 31.6 Å². The highest BCUT2D eigenvalue weighted by Gasteiger charge is 2.68. The number of carbonyl (C=O) groups excluding carboxylic acids is 2. The smallest absolute Gasteiger partial charge is 0.378 e. The number of rotatable bonds is 8. The molecule has 1 saturated carbocycles. The van der Waals surface area contributed by atoms with Crippen LogP contribution in [0, 0.1) is 29.4 Å². The first kappa shape index (κ1) is 40.8. The molecule has 19 heteroatoms. The maximum Gasteiger partial charge on any atom is 0.435 e. The molecule has 1 unspecified atom stereocenters. The maximum atomic E-state index is 15.4. The van der Waals surface area contributed by atoms with Crippen molar-refractivity contribution in [3.63, 3.8) is 0 Å². The minimum Gasteiger partial charge on any atom is -0.378 e. The van der Waals surface area contributed by atoms with Crippen LogP contribution in [0.25, 0.3) is 22.0 Å². The maximum absolute atomic E-state index is 15.4. The summed E-state index contributed by atoms with van der Waals surface area (Å²) in [5, 5.41) is 24.4. The lowest BCUT2D eigenvalue weighted by Crippen LogP contribution is -2.43. The van der Waals surface area contributed by atoms with Gasteiger partial charge in [0.25, 0.3) is 5.92 Å². The van der Waals surface area contributed by atoms with E-state index in [-0.39, 0.29) is 35.6 Å². The lowest BCUT2D eigenvalue weighted by Gasteiger charge is -2.26. The van der Waals surface area contributed by atoms with E-state index in [1.807, 2.05) is 0 Å². The Bertz CT molecular complexity index is 2580. The summed E-state index contributed by atoms with van der Waals surface area (Å²) in [6.45, 7) is 3.32. The Balaban J connectivity index is 1.23. The van der Waals surface area contributed by atoms with Crippen LogP contribution in [-0.2, 0) is 41.6 Å². The molecule has 3 atom stereocenters. The standard InChI is InChI=1S/C41H37F7N8O4/c1-39(2,59)10-9-24-7-8-25(26-5-4-6-27-34(26)54(3)53-37(27)51-38(58)55-11-13-60-14-12-55)33(49-24)30(17-21-15-22(42)18-23(43)16-21)50-31(57)20-56-36-32(35(52-56)41(46,47)48)28-19-29(28)40(36,44)45/h4-8,15-16,18,28-30,59H,11-14,17,19-20H2,1-3H3,(H,50,57)(H,51,53,58)/t28?,29-,30+/m1/s1. The predicted octanol–water partition coefficient (Wildman–Crippen LogP) is 6.42. The number of hydrogen-bond donors (Lipinski definition) is 3. The molecule has 1 aliphatic heterocycles. The number of carbonyl (C=O) groups is 2. The molecule has 0 bridgehead atoms. The summed E-state index contributed by atoms with van der Waals surface area (Å²) in [6, 6.07) is 9.23. The van der Waals surface area contributed by atoms with Crippen LogP contribution in [0.4, 0.5) is 41.3 Å². The summed E-state index contributed by atoms with van der Waals surface area (Å²) in [6.07, 6.45) is -5.55. The number of benzene rings is 2. The molecule has 2 aliphatic carbocycles. The predicted molar refractivity (Wildman–Crippen MR) is 201 cm³/mol. The van der Waals surface area contributed by atoms with Crippen molar-refractivity contribution in [3.05, 3.63) is 94.1 Å². The highest BCUT2D eigenvalue weighted by atomic mass is 19.4. The van der Waals surface area contributed by atoms with Crippen LogP contribution >= 0.6 is 0 Å². The van der Waals surface area contributed by atoms with Crippen molar-refractivity contribution in [2.45, 2.75) is 62.9 Å². The fourth-order valence-electron chi connectivity index (χ4n) is 8.00. The number of morpholine rings is 1. The molecule has 12 nitrogen and oxygen atoms in total. The Hall–Kier alpha value is -6.00. The molecule has 3 amide bonds. The minimum absolute atomic E-state index is 0.0383. The summed E-state index contributed by atoms with van der Waals surface area (Å²) in [7, 11) is 1.64. The summed E-state index contributed by atoms with van der Waals surface area (Å²) < 4.78 is 110.